The number of nitrogens with zero attached hydrogens (tertiary/aromatic N) is 2. The first-order valence-corrected chi connectivity index (χ1v) is 14.7. The van der Waals surface area contributed by atoms with E-state index in [0.717, 1.165) is 6.07 Å². The zero-order valence-electron chi connectivity index (χ0n) is 20.7. The highest BCUT2D eigenvalue weighted by atomic mass is 35.5. The van der Waals surface area contributed by atoms with Crippen molar-refractivity contribution in [1.29, 1.82) is 0 Å². The first-order chi connectivity index (χ1) is 18.2. The van der Waals surface area contributed by atoms with Crippen LogP contribution < -0.4 is 10.0 Å². The largest absolute Gasteiger partial charge is 0.466 e. The molecule has 1 aromatic heterocycles. The zero-order valence-corrected chi connectivity index (χ0v) is 23.1. The van der Waals surface area contributed by atoms with E-state index in [1.165, 1.54) is 31.6 Å². The van der Waals surface area contributed by atoms with Gasteiger partial charge in [0.2, 0.25) is 10.0 Å². The molecule has 1 aliphatic heterocycles. The van der Waals surface area contributed by atoms with E-state index >= 15 is 0 Å². The lowest BCUT2D eigenvalue weighted by Crippen LogP contribution is -2.41. The number of allylic oxidation sites excluding steroid dienone is 1. The Morgan fingerprint density at radius 3 is 2.61 bits per heavy atom. The number of sulfonamides is 1. The van der Waals surface area contributed by atoms with Gasteiger partial charge in [0.05, 0.1) is 29.6 Å². The van der Waals surface area contributed by atoms with Crippen molar-refractivity contribution in [2.45, 2.75) is 37.0 Å². The van der Waals surface area contributed by atoms with Gasteiger partial charge in [-0.2, -0.15) is 0 Å². The maximum Gasteiger partial charge on any atom is 0.338 e. The quantitative estimate of drug-likeness (QED) is 0.260. The first-order valence-electron chi connectivity index (χ1n) is 11.9. The number of benzene rings is 1. The Morgan fingerprint density at radius 1 is 1.24 bits per heavy atom. The summed E-state index contributed by atoms with van der Waals surface area (Å²) in [4.78, 5) is 22.0. The van der Waals surface area contributed by atoms with Gasteiger partial charge in [0.15, 0.2) is 22.5 Å². The Hall–Kier alpha value is -2.45. The number of halogens is 3. The van der Waals surface area contributed by atoms with Crippen LogP contribution in [0.15, 0.2) is 40.0 Å². The summed E-state index contributed by atoms with van der Waals surface area (Å²) in [6.45, 7) is 0.447. The van der Waals surface area contributed by atoms with E-state index in [1.54, 1.807) is 11.6 Å². The molecule has 14 heteroatoms. The third-order valence-corrected chi connectivity index (χ3v) is 9.72. The molecule has 1 unspecified atom stereocenters. The fraction of sp³-hybridized carbons (Fsp3) is 0.458. The fourth-order valence-corrected chi connectivity index (χ4v) is 7.05. The van der Waals surface area contributed by atoms with Gasteiger partial charge in [-0.25, -0.2) is 31.7 Å². The second-order valence-electron chi connectivity index (χ2n) is 8.83. The third kappa shape index (κ3) is 5.91. The minimum absolute atomic E-state index is 0.0950. The summed E-state index contributed by atoms with van der Waals surface area (Å²) in [5.74, 6) is -3.00. The molecule has 1 aromatic carbocycles. The Bertz CT molecular complexity index is 1340. The summed E-state index contributed by atoms with van der Waals surface area (Å²) < 4.78 is 66.3. The standard InChI is InChI=1S/C24H27ClF2N4O5S2/c1-35-11-9-29-38(33,34)14-5-3-13(4-6-14)20-17(24(32)36-2)21(15-7-8-16(26)19(27)18(15)25)31-22(30-20)23-28-10-12-37-23/h7-8,10,12-14,21,29H,3-6,9,11H2,1-2H3,(H,30,31)/t13-,14+,21?. The van der Waals surface area contributed by atoms with Crippen LogP contribution in [0.3, 0.4) is 0 Å². The molecule has 206 valence electrons. The average molecular weight is 589 g/mol. The number of ether oxygens (including phenoxy) is 2. The van der Waals surface area contributed by atoms with Crippen molar-refractivity contribution in [2.24, 2.45) is 10.9 Å². The molecule has 2 aromatic rings. The van der Waals surface area contributed by atoms with Crippen LogP contribution in [-0.2, 0) is 24.3 Å². The number of amidine groups is 1. The van der Waals surface area contributed by atoms with Gasteiger partial charge in [-0.1, -0.05) is 17.7 Å². The van der Waals surface area contributed by atoms with Crippen molar-refractivity contribution < 1.29 is 31.5 Å². The number of hydrogen-bond donors (Lipinski definition) is 2. The van der Waals surface area contributed by atoms with E-state index < -0.39 is 43.9 Å². The normalized spacial score (nSPS) is 22.1. The molecule has 0 spiro atoms. The lowest BCUT2D eigenvalue weighted by molar-refractivity contribution is -0.136. The average Bonchev–Trinajstić information content (AvgIpc) is 3.46. The first kappa shape index (κ1) is 28.6. The van der Waals surface area contributed by atoms with Crippen LogP contribution in [0.5, 0.6) is 0 Å². The van der Waals surface area contributed by atoms with Crippen molar-refractivity contribution in [3.63, 3.8) is 0 Å². The maximum absolute atomic E-state index is 14.5. The fourth-order valence-electron chi connectivity index (χ4n) is 4.71. The lowest BCUT2D eigenvalue weighted by Gasteiger charge is -2.35. The zero-order chi connectivity index (χ0) is 27.4. The number of nitrogens with one attached hydrogen (secondary N) is 2. The lowest BCUT2D eigenvalue weighted by atomic mass is 9.82. The summed E-state index contributed by atoms with van der Waals surface area (Å²) in [6, 6.07) is 1.12. The predicted molar refractivity (Wildman–Crippen MR) is 139 cm³/mol. The molecule has 2 N–H and O–H groups in total. The Kier molecular flexibility index (Phi) is 9.14. The van der Waals surface area contributed by atoms with Crippen molar-refractivity contribution in [3.8, 4) is 0 Å². The Morgan fingerprint density at radius 2 is 1.97 bits per heavy atom. The highest BCUT2D eigenvalue weighted by Gasteiger charge is 2.39. The molecule has 0 radical (unpaired) electrons. The number of aliphatic imine (C=N–C) groups is 1. The molecule has 2 aliphatic rings. The van der Waals surface area contributed by atoms with Crippen LogP contribution >= 0.6 is 22.9 Å². The minimum Gasteiger partial charge on any atom is -0.466 e. The van der Waals surface area contributed by atoms with Crippen LogP contribution in [0.25, 0.3) is 0 Å². The smallest absolute Gasteiger partial charge is 0.338 e. The Balaban J connectivity index is 1.72. The van der Waals surface area contributed by atoms with Crippen molar-refractivity contribution in [3.05, 3.63) is 62.2 Å². The molecule has 0 saturated heterocycles. The number of methoxy groups -OCH3 is 2. The van der Waals surface area contributed by atoms with Gasteiger partial charge >= 0.3 is 5.97 Å². The van der Waals surface area contributed by atoms with Gasteiger partial charge in [0, 0.05) is 36.5 Å². The van der Waals surface area contributed by atoms with Gasteiger partial charge in [-0.3, -0.25) is 4.99 Å². The van der Waals surface area contributed by atoms with Crippen LogP contribution in [-0.4, -0.2) is 57.8 Å². The molecule has 1 saturated carbocycles. The number of thiazole rings is 1. The van der Waals surface area contributed by atoms with E-state index in [-0.39, 0.29) is 30.2 Å². The molecule has 0 bridgehead atoms. The van der Waals surface area contributed by atoms with E-state index in [9.17, 15) is 22.0 Å². The van der Waals surface area contributed by atoms with Crippen molar-refractivity contribution >= 4 is 44.8 Å². The van der Waals surface area contributed by atoms with Crippen LogP contribution in [0.2, 0.25) is 5.02 Å². The molecule has 1 aliphatic carbocycles. The number of esters is 1. The summed E-state index contributed by atoms with van der Waals surface area (Å²) in [5.41, 5.74) is 0.675. The van der Waals surface area contributed by atoms with Gasteiger partial charge in [-0.15, -0.1) is 11.3 Å². The Labute approximate surface area is 228 Å². The second-order valence-corrected chi connectivity index (χ2v) is 12.1. The van der Waals surface area contributed by atoms with Gasteiger partial charge < -0.3 is 14.8 Å². The summed E-state index contributed by atoms with van der Waals surface area (Å²) in [7, 11) is -0.836. The highest BCUT2D eigenvalue weighted by Crippen LogP contribution is 2.42. The molecule has 1 fully saturated rings. The number of carbonyl (C=O) groups is 1. The minimum atomic E-state index is -3.54. The van der Waals surface area contributed by atoms with E-state index in [4.69, 9.17) is 21.1 Å². The number of hydrogen-bond acceptors (Lipinski definition) is 9. The highest BCUT2D eigenvalue weighted by molar-refractivity contribution is 7.90. The molecule has 1 atom stereocenters. The molecule has 9 nitrogen and oxygen atoms in total. The summed E-state index contributed by atoms with van der Waals surface area (Å²) >= 11 is 7.50. The summed E-state index contributed by atoms with van der Waals surface area (Å²) in [5, 5.41) is 4.41. The summed E-state index contributed by atoms with van der Waals surface area (Å²) in [6.07, 6.45) is 3.19. The molecule has 2 heterocycles. The number of carbonyl (C=O) groups excluding carboxylic acids is 1. The number of aromatic nitrogens is 1. The van der Waals surface area contributed by atoms with Gasteiger partial charge in [0.1, 0.15) is 6.04 Å². The molecular weight excluding hydrogens is 562 g/mol. The third-order valence-electron chi connectivity index (χ3n) is 6.61. The topological polar surface area (TPSA) is 119 Å². The van der Waals surface area contributed by atoms with Crippen molar-refractivity contribution in [2.75, 3.05) is 27.4 Å². The monoisotopic (exact) mass is 588 g/mol. The molecule has 0 amide bonds. The van der Waals surface area contributed by atoms with Crippen LogP contribution in [0.4, 0.5) is 8.78 Å². The SMILES string of the molecule is COCCNS(=O)(=O)[C@H]1CC[C@@H](C2=C(C(=O)OC)C(c3ccc(F)c(F)c3Cl)N=C(c3nccs3)N2)CC1. The van der Waals surface area contributed by atoms with Gasteiger partial charge in [0.25, 0.3) is 0 Å². The number of rotatable bonds is 9. The molecule has 38 heavy (non-hydrogen) atoms. The van der Waals surface area contributed by atoms with Crippen molar-refractivity contribution in [1.82, 2.24) is 15.0 Å². The van der Waals surface area contributed by atoms with Gasteiger partial charge in [-0.05, 0) is 37.7 Å². The predicted octanol–water partition coefficient (Wildman–Crippen LogP) is 3.72. The molecular formula is C24H27ClF2N4O5S2. The van der Waals surface area contributed by atoms with E-state index in [0.29, 0.717) is 42.2 Å². The van der Waals surface area contributed by atoms with Crippen LogP contribution in [0.1, 0.15) is 42.3 Å². The second kappa shape index (κ2) is 12.2. The van der Waals surface area contributed by atoms with E-state index in [1.807, 2.05) is 0 Å². The molecule has 4 rings (SSSR count). The van der Waals surface area contributed by atoms with E-state index in [2.05, 4.69) is 20.0 Å². The maximum atomic E-state index is 14.5. The van der Waals surface area contributed by atoms with Crippen LogP contribution in [0, 0.1) is 17.6 Å².